The van der Waals surface area contributed by atoms with Crippen molar-refractivity contribution in [1.82, 2.24) is 5.01 Å². The van der Waals surface area contributed by atoms with Gasteiger partial charge in [-0.25, -0.2) is 21.5 Å². The van der Waals surface area contributed by atoms with Crippen molar-refractivity contribution in [2.24, 2.45) is 11.7 Å². The molecule has 0 atom stereocenters. The van der Waals surface area contributed by atoms with Crippen molar-refractivity contribution >= 4 is 24.3 Å². The molecule has 0 bridgehead atoms. The number of urea groups is 1. The molecule has 1 saturated heterocycles. The zero-order valence-corrected chi connectivity index (χ0v) is 19.9. The summed E-state index contributed by atoms with van der Waals surface area (Å²) >= 11 is 0. The minimum atomic E-state index is -0.579. The van der Waals surface area contributed by atoms with Gasteiger partial charge in [0.05, 0.1) is 22.5 Å². The number of carbonyl (C=O) groups is 1. The number of ether oxygens (including phenoxy) is 1. The van der Waals surface area contributed by atoms with Crippen molar-refractivity contribution in [3.05, 3.63) is 53.1 Å². The Kier molecular flexibility index (Phi) is 6.72. The molecule has 0 radical (unpaired) electrons. The van der Waals surface area contributed by atoms with Gasteiger partial charge in [0.2, 0.25) is 0 Å². The summed E-state index contributed by atoms with van der Waals surface area (Å²) < 4.78 is 18.1. The second-order valence-corrected chi connectivity index (χ2v) is 9.08. The fourth-order valence-electron chi connectivity index (χ4n) is 3.41. The van der Waals surface area contributed by atoms with Crippen LogP contribution in [0.4, 0.5) is 10.5 Å². The van der Waals surface area contributed by atoms with Crippen LogP contribution in [0.1, 0.15) is 44.4 Å². The Hall–Kier alpha value is -3.10. The predicted molar refractivity (Wildman–Crippen MR) is 126 cm³/mol. The number of nitrogens with two attached hydrogens (primary N) is 2. The van der Waals surface area contributed by atoms with E-state index in [2.05, 4.69) is 6.07 Å². The summed E-state index contributed by atoms with van der Waals surface area (Å²) in [5, 5.41) is 11.6. The highest BCUT2D eigenvalue weighted by Gasteiger charge is 2.51. The maximum absolute atomic E-state index is 12.2. The lowest BCUT2D eigenvalue weighted by Crippen LogP contribution is -2.49. The van der Waals surface area contributed by atoms with Crippen molar-refractivity contribution in [3.63, 3.8) is 0 Å². The fourth-order valence-corrected chi connectivity index (χ4v) is 3.41. The largest absolute Gasteiger partial charge is 0.494 e. The van der Waals surface area contributed by atoms with Gasteiger partial charge in [0.1, 0.15) is 18.4 Å². The monoisotopic (exact) mass is 451 g/mol. The number of hydrazine groups is 2. The van der Waals surface area contributed by atoms with Crippen LogP contribution in [-0.2, 0) is 15.9 Å². The second kappa shape index (κ2) is 9.04. The number of amides is 2. The lowest BCUT2D eigenvalue weighted by atomic mass is 9.78. The molecule has 0 aromatic heterocycles. The van der Waals surface area contributed by atoms with Crippen molar-refractivity contribution in [1.29, 1.82) is 5.26 Å². The number of carbonyl (C=O) groups excluding carboxylic acids is 1. The van der Waals surface area contributed by atoms with E-state index in [1.165, 1.54) is 7.05 Å². The van der Waals surface area contributed by atoms with E-state index in [0.29, 0.717) is 22.6 Å². The third-order valence-electron chi connectivity index (χ3n) is 6.17. The average molecular weight is 451 g/mol. The highest BCUT2D eigenvalue weighted by molar-refractivity contribution is 6.62. The first kappa shape index (κ1) is 24.5. The van der Waals surface area contributed by atoms with Gasteiger partial charge < -0.3 is 14.0 Å². The molecule has 1 aliphatic heterocycles. The average Bonchev–Trinajstić information content (AvgIpc) is 2.98. The lowest BCUT2D eigenvalue weighted by Gasteiger charge is -2.32. The van der Waals surface area contributed by atoms with Gasteiger partial charge in [0, 0.05) is 12.6 Å². The molecule has 3 rings (SSSR count). The Bertz CT molecular complexity index is 1080. The second-order valence-electron chi connectivity index (χ2n) is 9.08. The Balaban J connectivity index is 1.84. The zero-order chi connectivity index (χ0) is 24.6. The van der Waals surface area contributed by atoms with Gasteiger partial charge in [-0.2, -0.15) is 5.26 Å². The smallest absolute Gasteiger partial charge is 0.487 e. The third-order valence-corrected chi connectivity index (χ3v) is 6.17. The van der Waals surface area contributed by atoms with E-state index in [0.717, 1.165) is 21.0 Å². The SMILES string of the molecule is Cc1cccc(N(N)C(=O)N(C)N)c1COc1ccc(B2OC(C)(C)C(C)(C)O2)cc1C#N. The molecule has 0 aliphatic carbocycles. The van der Waals surface area contributed by atoms with Crippen LogP contribution in [0.5, 0.6) is 5.75 Å². The molecule has 174 valence electrons. The van der Waals surface area contributed by atoms with Crippen molar-refractivity contribution in [2.75, 3.05) is 12.1 Å². The topological polar surface area (TPSA) is 127 Å². The Morgan fingerprint density at radius 2 is 1.79 bits per heavy atom. The fraction of sp³-hybridized carbons (Fsp3) is 0.391. The molecular weight excluding hydrogens is 421 g/mol. The van der Waals surface area contributed by atoms with Crippen molar-refractivity contribution in [3.8, 4) is 11.8 Å². The number of nitrogens with zero attached hydrogens (tertiary/aromatic N) is 3. The summed E-state index contributed by atoms with van der Waals surface area (Å²) in [6.45, 7) is 9.89. The van der Waals surface area contributed by atoms with Crippen LogP contribution >= 0.6 is 0 Å². The minimum absolute atomic E-state index is 0.0990. The van der Waals surface area contributed by atoms with Crippen molar-refractivity contribution < 1.29 is 18.8 Å². The third kappa shape index (κ3) is 4.82. The summed E-state index contributed by atoms with van der Waals surface area (Å²) in [4.78, 5) is 12.2. The number of benzene rings is 2. The van der Waals surface area contributed by atoms with E-state index in [-0.39, 0.29) is 6.61 Å². The molecule has 10 heteroatoms. The van der Waals surface area contributed by atoms with E-state index in [4.69, 9.17) is 25.7 Å². The maximum Gasteiger partial charge on any atom is 0.494 e. The summed E-state index contributed by atoms with van der Waals surface area (Å²) in [7, 11) is 0.832. The van der Waals surface area contributed by atoms with Crippen LogP contribution in [0.2, 0.25) is 0 Å². The van der Waals surface area contributed by atoms with Gasteiger partial charge in [0.25, 0.3) is 0 Å². The zero-order valence-electron chi connectivity index (χ0n) is 19.9. The van der Waals surface area contributed by atoms with Gasteiger partial charge in [-0.3, -0.25) is 5.01 Å². The van der Waals surface area contributed by atoms with Crippen LogP contribution in [0.15, 0.2) is 36.4 Å². The summed E-state index contributed by atoms with van der Waals surface area (Å²) in [5.41, 5.74) is 2.16. The predicted octanol–water partition coefficient (Wildman–Crippen LogP) is 2.35. The van der Waals surface area contributed by atoms with Crippen molar-refractivity contribution in [2.45, 2.75) is 52.4 Å². The molecule has 0 spiro atoms. The van der Waals surface area contributed by atoms with E-state index >= 15 is 0 Å². The molecule has 2 amide bonds. The van der Waals surface area contributed by atoms with Gasteiger partial charge in [0.15, 0.2) is 0 Å². The standard InChI is InChI=1S/C23H30BN5O4/c1-15-8-7-9-19(29(27)21(30)28(6)26)18(15)14-31-20-11-10-17(12-16(20)13-25)24-32-22(2,3)23(4,5)33-24/h7-12H,14,26-27H2,1-6H3. The molecule has 1 aliphatic rings. The van der Waals surface area contributed by atoms with E-state index < -0.39 is 24.4 Å². The molecule has 4 N–H and O–H groups in total. The first-order valence-electron chi connectivity index (χ1n) is 10.6. The molecule has 1 heterocycles. The summed E-state index contributed by atoms with van der Waals surface area (Å²) in [6, 6.07) is 12.2. The van der Waals surface area contributed by atoms with Gasteiger partial charge in [-0.05, 0) is 63.8 Å². The summed E-state index contributed by atoms with van der Waals surface area (Å²) in [5.74, 6) is 11.9. The molecule has 33 heavy (non-hydrogen) atoms. The number of rotatable bonds is 5. The van der Waals surface area contributed by atoms with E-state index in [1.54, 1.807) is 24.3 Å². The van der Waals surface area contributed by atoms with Gasteiger partial charge in [-0.1, -0.05) is 18.2 Å². The van der Waals surface area contributed by atoms with Crippen LogP contribution in [0.25, 0.3) is 0 Å². The normalized spacial score (nSPS) is 16.3. The molecule has 1 fully saturated rings. The van der Waals surface area contributed by atoms with E-state index in [1.807, 2.05) is 46.8 Å². The molecule has 0 unspecified atom stereocenters. The Morgan fingerprint density at radius 3 is 2.36 bits per heavy atom. The van der Waals surface area contributed by atoms with E-state index in [9.17, 15) is 10.1 Å². The van der Waals surface area contributed by atoms with Gasteiger partial charge in [-0.15, -0.1) is 0 Å². The highest BCUT2D eigenvalue weighted by Crippen LogP contribution is 2.36. The Labute approximate surface area is 194 Å². The molecule has 2 aromatic rings. The lowest BCUT2D eigenvalue weighted by molar-refractivity contribution is 0.00578. The van der Waals surface area contributed by atoms with Gasteiger partial charge >= 0.3 is 13.1 Å². The summed E-state index contributed by atoms with van der Waals surface area (Å²) in [6.07, 6.45) is 0. The molecule has 9 nitrogen and oxygen atoms in total. The highest BCUT2D eigenvalue weighted by atomic mass is 16.7. The molecular formula is C23H30BN5O4. The first-order valence-corrected chi connectivity index (χ1v) is 10.6. The first-order chi connectivity index (χ1) is 15.4. The van der Waals surface area contributed by atoms with Crippen LogP contribution in [-0.4, -0.2) is 36.4 Å². The maximum atomic E-state index is 12.2. The number of anilines is 1. The van der Waals surface area contributed by atoms with Crippen LogP contribution < -0.4 is 26.9 Å². The molecule has 0 saturated carbocycles. The minimum Gasteiger partial charge on any atom is -0.487 e. The van der Waals surface area contributed by atoms with Crippen LogP contribution in [0.3, 0.4) is 0 Å². The quantitative estimate of drug-likeness (QED) is 0.309. The number of nitriles is 1. The molecule has 2 aromatic carbocycles. The van der Waals surface area contributed by atoms with Crippen LogP contribution in [0, 0.1) is 18.3 Å². The number of hydrogen-bond acceptors (Lipinski definition) is 7. The number of aryl methyl sites for hydroxylation is 1. The number of hydrogen-bond donors (Lipinski definition) is 2. The Morgan fingerprint density at radius 1 is 1.15 bits per heavy atom.